The Morgan fingerprint density at radius 3 is 2.76 bits per heavy atom. The van der Waals surface area contributed by atoms with Gasteiger partial charge in [0.1, 0.15) is 0 Å². The summed E-state index contributed by atoms with van der Waals surface area (Å²) in [6.45, 7) is 7.72. The fourth-order valence-corrected chi connectivity index (χ4v) is 3.66. The molecule has 0 aromatic carbocycles. The predicted molar refractivity (Wildman–Crippen MR) is 84.5 cm³/mol. The summed E-state index contributed by atoms with van der Waals surface area (Å²) in [6, 6.07) is 6.04. The van der Waals surface area contributed by atoms with Crippen molar-refractivity contribution in [1.82, 2.24) is 15.2 Å². The van der Waals surface area contributed by atoms with E-state index < -0.39 is 0 Å². The van der Waals surface area contributed by atoms with Gasteiger partial charge in [-0.05, 0) is 32.8 Å². The zero-order valence-corrected chi connectivity index (χ0v) is 13.5. The third kappa shape index (κ3) is 3.06. The van der Waals surface area contributed by atoms with Crippen molar-refractivity contribution in [3.8, 4) is 5.88 Å². The first-order chi connectivity index (χ1) is 10.0. The lowest BCUT2D eigenvalue weighted by Crippen LogP contribution is -2.66. The van der Waals surface area contributed by atoms with Gasteiger partial charge in [0, 0.05) is 36.8 Å². The molecule has 21 heavy (non-hydrogen) atoms. The van der Waals surface area contributed by atoms with Gasteiger partial charge < -0.3 is 10.1 Å². The lowest BCUT2D eigenvalue weighted by molar-refractivity contribution is 0.0207. The largest absolute Gasteiger partial charge is 0.481 e. The standard InChI is InChI=1S/C17H27N3O/c1-16(2)12-18-17(9-4-5-10-17)13-20(16)11-14-7-6-8-15(19-14)21-3/h6-8,18H,4-5,9-13H2,1-3H3. The highest BCUT2D eigenvalue weighted by Crippen LogP contribution is 2.36. The van der Waals surface area contributed by atoms with Crippen LogP contribution in [0.1, 0.15) is 45.2 Å². The van der Waals surface area contributed by atoms with Gasteiger partial charge in [-0.3, -0.25) is 4.90 Å². The van der Waals surface area contributed by atoms with Crippen LogP contribution in [0.2, 0.25) is 0 Å². The van der Waals surface area contributed by atoms with Crippen molar-refractivity contribution in [2.45, 2.75) is 57.2 Å². The summed E-state index contributed by atoms with van der Waals surface area (Å²) in [5.41, 5.74) is 1.60. The van der Waals surface area contributed by atoms with Gasteiger partial charge in [-0.2, -0.15) is 0 Å². The van der Waals surface area contributed by atoms with E-state index in [2.05, 4.69) is 35.1 Å². The minimum atomic E-state index is 0.165. The molecule has 1 aliphatic carbocycles. The number of piperazine rings is 1. The maximum absolute atomic E-state index is 5.25. The number of hydrogen-bond donors (Lipinski definition) is 1. The monoisotopic (exact) mass is 289 g/mol. The lowest BCUT2D eigenvalue weighted by Gasteiger charge is -2.51. The van der Waals surface area contributed by atoms with Crippen LogP contribution in [-0.4, -0.2) is 41.2 Å². The summed E-state index contributed by atoms with van der Waals surface area (Å²) in [6.07, 6.45) is 5.34. The van der Waals surface area contributed by atoms with Crippen molar-refractivity contribution in [1.29, 1.82) is 0 Å². The molecule has 1 aromatic rings. The summed E-state index contributed by atoms with van der Waals surface area (Å²) >= 11 is 0. The number of aromatic nitrogens is 1. The first-order valence-electron chi connectivity index (χ1n) is 8.03. The molecule has 0 bridgehead atoms. The van der Waals surface area contributed by atoms with E-state index in [-0.39, 0.29) is 5.54 Å². The summed E-state index contributed by atoms with van der Waals surface area (Å²) in [4.78, 5) is 7.18. The molecule has 1 spiro atoms. The molecule has 1 saturated heterocycles. The van der Waals surface area contributed by atoms with Gasteiger partial charge in [-0.25, -0.2) is 4.98 Å². The second-order valence-corrected chi connectivity index (χ2v) is 7.18. The van der Waals surface area contributed by atoms with Gasteiger partial charge in [0.05, 0.1) is 12.8 Å². The van der Waals surface area contributed by atoms with E-state index in [1.807, 2.05) is 12.1 Å². The molecule has 2 heterocycles. The maximum Gasteiger partial charge on any atom is 0.213 e. The van der Waals surface area contributed by atoms with E-state index in [1.165, 1.54) is 25.7 Å². The van der Waals surface area contributed by atoms with Crippen molar-refractivity contribution in [3.05, 3.63) is 23.9 Å². The molecule has 3 rings (SSSR count). The van der Waals surface area contributed by atoms with Gasteiger partial charge in [0.2, 0.25) is 5.88 Å². The van der Waals surface area contributed by atoms with Crippen molar-refractivity contribution in [3.63, 3.8) is 0 Å². The summed E-state index contributed by atoms with van der Waals surface area (Å²) in [5, 5.41) is 3.84. The summed E-state index contributed by atoms with van der Waals surface area (Å²) < 4.78 is 5.25. The first kappa shape index (κ1) is 14.8. The highest BCUT2D eigenvalue weighted by atomic mass is 16.5. The fraction of sp³-hybridized carbons (Fsp3) is 0.706. The van der Waals surface area contributed by atoms with E-state index in [4.69, 9.17) is 4.74 Å². The van der Waals surface area contributed by atoms with Crippen molar-refractivity contribution in [2.75, 3.05) is 20.2 Å². The molecule has 2 aliphatic rings. The normalized spacial score (nSPS) is 24.3. The Bertz CT molecular complexity index is 495. The minimum absolute atomic E-state index is 0.165. The Kier molecular flexibility index (Phi) is 3.93. The first-order valence-corrected chi connectivity index (χ1v) is 8.03. The molecule has 4 nitrogen and oxygen atoms in total. The second kappa shape index (κ2) is 5.58. The van der Waals surface area contributed by atoms with E-state index in [1.54, 1.807) is 7.11 Å². The van der Waals surface area contributed by atoms with Crippen LogP contribution in [0.4, 0.5) is 0 Å². The zero-order chi connectivity index (χ0) is 14.9. The topological polar surface area (TPSA) is 37.4 Å². The lowest BCUT2D eigenvalue weighted by atomic mass is 9.87. The van der Waals surface area contributed by atoms with Gasteiger partial charge in [0.15, 0.2) is 0 Å². The molecule has 2 fully saturated rings. The highest BCUT2D eigenvalue weighted by molar-refractivity contribution is 5.16. The third-order valence-corrected chi connectivity index (χ3v) is 5.15. The predicted octanol–water partition coefficient (Wildman–Crippen LogP) is 2.59. The van der Waals surface area contributed by atoms with E-state index in [9.17, 15) is 0 Å². The Morgan fingerprint density at radius 2 is 2.05 bits per heavy atom. The van der Waals surface area contributed by atoms with Crippen LogP contribution in [0.15, 0.2) is 18.2 Å². The number of nitrogens with zero attached hydrogens (tertiary/aromatic N) is 2. The van der Waals surface area contributed by atoms with Gasteiger partial charge in [-0.15, -0.1) is 0 Å². The van der Waals surface area contributed by atoms with Crippen LogP contribution >= 0.6 is 0 Å². The van der Waals surface area contributed by atoms with Crippen molar-refractivity contribution in [2.24, 2.45) is 0 Å². The van der Waals surface area contributed by atoms with Crippen LogP contribution in [0.3, 0.4) is 0 Å². The number of nitrogens with one attached hydrogen (secondary N) is 1. The van der Waals surface area contributed by atoms with Crippen molar-refractivity contribution >= 4 is 0 Å². The molecule has 0 unspecified atom stereocenters. The number of ether oxygens (including phenoxy) is 1. The van der Waals surface area contributed by atoms with Crippen LogP contribution < -0.4 is 10.1 Å². The number of methoxy groups -OCH3 is 1. The van der Waals surface area contributed by atoms with Gasteiger partial charge >= 0.3 is 0 Å². The van der Waals surface area contributed by atoms with Crippen LogP contribution in [0, 0.1) is 0 Å². The molecule has 1 aliphatic heterocycles. The number of rotatable bonds is 3. The van der Waals surface area contributed by atoms with Crippen LogP contribution in [0.25, 0.3) is 0 Å². The smallest absolute Gasteiger partial charge is 0.213 e. The highest BCUT2D eigenvalue weighted by Gasteiger charge is 2.44. The Labute approximate surface area is 127 Å². The molecule has 4 heteroatoms. The maximum atomic E-state index is 5.25. The Balaban J connectivity index is 1.77. The molecule has 0 atom stereocenters. The molecule has 0 amide bonds. The molecular formula is C17H27N3O. The zero-order valence-electron chi connectivity index (χ0n) is 13.5. The van der Waals surface area contributed by atoms with E-state index in [0.29, 0.717) is 11.4 Å². The summed E-state index contributed by atoms with van der Waals surface area (Å²) in [7, 11) is 1.67. The second-order valence-electron chi connectivity index (χ2n) is 7.18. The molecular weight excluding hydrogens is 262 g/mol. The average molecular weight is 289 g/mol. The molecule has 116 valence electrons. The molecule has 1 aromatic heterocycles. The van der Waals surface area contributed by atoms with Crippen molar-refractivity contribution < 1.29 is 4.74 Å². The Morgan fingerprint density at radius 1 is 1.29 bits per heavy atom. The van der Waals surface area contributed by atoms with Crippen LogP contribution in [-0.2, 0) is 6.54 Å². The number of pyridine rings is 1. The molecule has 1 N–H and O–H groups in total. The van der Waals surface area contributed by atoms with Crippen LogP contribution in [0.5, 0.6) is 5.88 Å². The average Bonchev–Trinajstić information content (AvgIpc) is 2.92. The Hall–Kier alpha value is -1.13. The SMILES string of the molecule is COc1cccc(CN2CC3(CCCC3)NCC2(C)C)n1. The minimum Gasteiger partial charge on any atom is -0.481 e. The van der Waals surface area contributed by atoms with E-state index >= 15 is 0 Å². The van der Waals surface area contributed by atoms with Gasteiger partial charge in [-0.1, -0.05) is 18.9 Å². The number of hydrogen-bond acceptors (Lipinski definition) is 4. The quantitative estimate of drug-likeness (QED) is 0.928. The molecule has 1 saturated carbocycles. The molecule has 0 radical (unpaired) electrons. The third-order valence-electron chi connectivity index (χ3n) is 5.15. The van der Waals surface area contributed by atoms with Gasteiger partial charge in [0.25, 0.3) is 0 Å². The fourth-order valence-electron chi connectivity index (χ4n) is 3.66. The summed E-state index contributed by atoms with van der Waals surface area (Å²) in [5.74, 6) is 0.705. The van der Waals surface area contributed by atoms with E-state index in [0.717, 1.165) is 25.3 Å².